The van der Waals surface area contributed by atoms with Crippen molar-refractivity contribution in [2.45, 2.75) is 11.0 Å². The number of benzene rings is 4. The van der Waals surface area contributed by atoms with Crippen LogP contribution < -0.4 is 21.2 Å². The summed E-state index contributed by atoms with van der Waals surface area (Å²) in [6.07, 6.45) is 8.47. The summed E-state index contributed by atoms with van der Waals surface area (Å²) >= 11 is 8.01. The molecule has 0 aliphatic heterocycles. The molecule has 0 heterocycles. The maximum absolute atomic E-state index is 8.01. The Morgan fingerprint density at radius 2 is 1.00 bits per heavy atom. The van der Waals surface area contributed by atoms with Crippen LogP contribution in [0.4, 0.5) is 0 Å². The molecule has 1 unspecified atom stereocenters. The van der Waals surface area contributed by atoms with Crippen molar-refractivity contribution in [1.29, 1.82) is 0 Å². The Kier molecular flexibility index (Phi) is 9.24. The fourth-order valence-electron chi connectivity index (χ4n) is 4.52. The molecule has 0 saturated carbocycles. The van der Waals surface area contributed by atoms with E-state index in [1.54, 1.807) is 0 Å². The summed E-state index contributed by atoms with van der Waals surface area (Å²) in [5.41, 5.74) is 1.33. The van der Waals surface area contributed by atoms with Gasteiger partial charge in [-0.1, -0.05) is 140 Å². The van der Waals surface area contributed by atoms with Gasteiger partial charge in [-0.05, 0) is 49.1 Å². The van der Waals surface area contributed by atoms with Crippen LogP contribution in [-0.4, -0.2) is 10.8 Å². The van der Waals surface area contributed by atoms with E-state index < -0.39 is 20.5 Å². The Labute approximate surface area is 228 Å². The molecule has 35 heavy (non-hydrogen) atoms. The molecule has 0 nitrogen and oxygen atoms in total. The molecule has 0 aromatic heterocycles. The molecule has 0 saturated heterocycles. The van der Waals surface area contributed by atoms with Crippen molar-refractivity contribution >= 4 is 48.7 Å². The molecule has 1 aliphatic carbocycles. The molecule has 4 aromatic carbocycles. The number of hydrogen-bond acceptors (Lipinski definition) is 0. The number of halogens is 1. The van der Waals surface area contributed by atoms with E-state index in [0.29, 0.717) is 0 Å². The molecule has 0 N–H and O–H groups in total. The minimum absolute atomic E-state index is 0. The van der Waals surface area contributed by atoms with Crippen molar-refractivity contribution in [3.63, 3.8) is 0 Å². The van der Waals surface area contributed by atoms with Crippen LogP contribution in [0.15, 0.2) is 145 Å². The Balaban J connectivity index is 0.00000289. The summed E-state index contributed by atoms with van der Waals surface area (Å²) in [5, 5.41) is 5.39. The topological polar surface area (TPSA) is 0 Å². The number of alkyl halides is 1. The zero-order valence-electron chi connectivity index (χ0n) is 19.4. The molecule has 0 spiro atoms. The van der Waals surface area contributed by atoms with Crippen LogP contribution in [0.3, 0.4) is 0 Å². The van der Waals surface area contributed by atoms with Crippen LogP contribution in [0.5, 0.6) is 0 Å². The largest absolute Gasteiger partial charge is 0.108 e. The summed E-state index contributed by atoms with van der Waals surface area (Å²) < 4.78 is -0.501. The SMILES string of the molecule is ClC(CP(c1ccccc1)c1ccccc1)(C1=CC=CC1)P(c1ccccc1)c1ccccc1.[V]. The Morgan fingerprint density at radius 1 is 0.600 bits per heavy atom. The van der Waals surface area contributed by atoms with Crippen LogP contribution >= 0.6 is 27.4 Å². The average molecular weight is 548 g/mol. The van der Waals surface area contributed by atoms with Crippen LogP contribution in [0, 0.1) is 0 Å². The van der Waals surface area contributed by atoms with Crippen molar-refractivity contribution in [2.75, 3.05) is 6.16 Å². The van der Waals surface area contributed by atoms with Crippen LogP contribution in [0.25, 0.3) is 0 Å². The van der Waals surface area contributed by atoms with Crippen molar-refractivity contribution in [2.24, 2.45) is 0 Å². The molecule has 0 amide bonds. The van der Waals surface area contributed by atoms with Crippen molar-refractivity contribution in [3.8, 4) is 0 Å². The first-order valence-electron chi connectivity index (χ1n) is 11.6. The van der Waals surface area contributed by atoms with Crippen molar-refractivity contribution in [3.05, 3.63) is 145 Å². The van der Waals surface area contributed by atoms with E-state index in [4.69, 9.17) is 11.6 Å². The van der Waals surface area contributed by atoms with E-state index in [2.05, 4.69) is 140 Å². The number of rotatable bonds is 8. The van der Waals surface area contributed by atoms with Crippen molar-refractivity contribution in [1.82, 2.24) is 0 Å². The monoisotopic (exact) mass is 547 g/mol. The minimum atomic E-state index is -0.847. The smallest absolute Gasteiger partial charge is 0.0981 e. The maximum atomic E-state index is 8.01. The Hall–Kier alpha value is -1.91. The molecule has 5 rings (SSSR count). The first-order valence-corrected chi connectivity index (χ1v) is 14.8. The summed E-state index contributed by atoms with van der Waals surface area (Å²) in [6, 6.07) is 43.6. The number of allylic oxidation sites excluding steroid dienone is 4. The third kappa shape index (κ3) is 5.92. The molecule has 1 aliphatic rings. The Bertz CT molecular complexity index is 1180. The summed E-state index contributed by atoms with van der Waals surface area (Å²) in [6.45, 7) is 0. The zero-order valence-corrected chi connectivity index (χ0v) is 23.4. The minimum Gasteiger partial charge on any atom is -0.108 e. The second-order valence-electron chi connectivity index (χ2n) is 8.35. The van der Waals surface area contributed by atoms with Gasteiger partial charge in [0.15, 0.2) is 0 Å². The summed E-state index contributed by atoms with van der Waals surface area (Å²) in [7, 11) is -1.50. The van der Waals surface area contributed by atoms with Gasteiger partial charge in [-0.3, -0.25) is 0 Å². The van der Waals surface area contributed by atoms with Crippen molar-refractivity contribution < 1.29 is 18.6 Å². The molecular formula is C31H27ClP2V. The van der Waals surface area contributed by atoms with Crippen LogP contribution in [0.2, 0.25) is 0 Å². The maximum Gasteiger partial charge on any atom is 0.0981 e. The molecule has 1 atom stereocenters. The predicted octanol–water partition coefficient (Wildman–Crippen LogP) is 7.07. The van der Waals surface area contributed by atoms with E-state index in [9.17, 15) is 0 Å². The van der Waals surface area contributed by atoms with E-state index in [1.165, 1.54) is 26.8 Å². The molecular weight excluding hydrogens is 521 g/mol. The van der Waals surface area contributed by atoms with Gasteiger partial charge < -0.3 is 0 Å². The second-order valence-corrected chi connectivity index (χ2v) is 13.9. The van der Waals surface area contributed by atoms with E-state index in [0.717, 1.165) is 12.6 Å². The molecule has 4 heteroatoms. The summed E-state index contributed by atoms with van der Waals surface area (Å²) in [5.74, 6) is 0. The third-order valence-corrected chi connectivity index (χ3v) is 12.9. The van der Waals surface area contributed by atoms with Gasteiger partial charge >= 0.3 is 0 Å². The van der Waals surface area contributed by atoms with Gasteiger partial charge in [-0.2, -0.15) is 0 Å². The molecule has 0 fully saturated rings. The van der Waals surface area contributed by atoms with E-state index in [-0.39, 0.29) is 18.6 Å². The first-order chi connectivity index (χ1) is 16.8. The molecule has 173 valence electrons. The van der Waals surface area contributed by atoms with Crippen LogP contribution in [-0.2, 0) is 18.6 Å². The third-order valence-electron chi connectivity index (χ3n) is 6.15. The second kappa shape index (κ2) is 12.4. The average Bonchev–Trinajstić information content (AvgIpc) is 3.46. The predicted molar refractivity (Wildman–Crippen MR) is 153 cm³/mol. The standard InChI is InChI=1S/C31H27ClP2.V/c32-31(26-15-13-14-16-26,34(29-21-9-3-10-22-29)30-23-11-4-12-24-30)25-33(27-17-5-1-6-18-27)28-19-7-2-8-20-28;/h1-15,17-24H,16,25H2;. The fourth-order valence-corrected chi connectivity index (χ4v) is 11.5. The van der Waals surface area contributed by atoms with E-state index in [1.807, 2.05) is 0 Å². The van der Waals surface area contributed by atoms with Gasteiger partial charge in [0.25, 0.3) is 0 Å². The van der Waals surface area contributed by atoms with Gasteiger partial charge in [-0.25, -0.2) is 0 Å². The van der Waals surface area contributed by atoms with Gasteiger partial charge in [0.2, 0.25) is 0 Å². The van der Waals surface area contributed by atoms with Crippen LogP contribution in [0.1, 0.15) is 6.42 Å². The fraction of sp³-hybridized carbons (Fsp3) is 0.0968. The van der Waals surface area contributed by atoms with Gasteiger partial charge in [0.05, 0.1) is 4.62 Å². The Morgan fingerprint density at radius 3 is 1.37 bits per heavy atom. The van der Waals surface area contributed by atoms with Gasteiger partial charge in [-0.15, -0.1) is 11.6 Å². The number of hydrogen-bond donors (Lipinski definition) is 0. The van der Waals surface area contributed by atoms with E-state index >= 15 is 0 Å². The molecule has 4 aromatic rings. The normalized spacial score (nSPS) is 14.4. The van der Waals surface area contributed by atoms with Gasteiger partial charge in [0.1, 0.15) is 0 Å². The molecule has 1 radical (unpaired) electrons. The summed E-state index contributed by atoms with van der Waals surface area (Å²) in [4.78, 5) is 0. The zero-order chi connectivity index (χ0) is 23.2. The molecule has 0 bridgehead atoms. The quantitative estimate of drug-likeness (QED) is 0.163. The first kappa shape index (κ1) is 26.2. The van der Waals surface area contributed by atoms with Gasteiger partial charge in [0, 0.05) is 24.7 Å².